The summed E-state index contributed by atoms with van der Waals surface area (Å²) in [6.45, 7) is 6.41. The van der Waals surface area contributed by atoms with Crippen LogP contribution in [0.1, 0.15) is 27.2 Å². The van der Waals surface area contributed by atoms with E-state index in [0.29, 0.717) is 18.7 Å². The monoisotopic (exact) mass is 300 g/mol. The van der Waals surface area contributed by atoms with Crippen molar-refractivity contribution < 1.29 is 13.2 Å². The summed E-state index contributed by atoms with van der Waals surface area (Å²) in [4.78, 5) is 0.226. The first-order valence-corrected chi connectivity index (χ1v) is 8.05. The minimum Gasteiger partial charge on any atom is -0.497 e. The molecule has 0 aliphatic heterocycles. The van der Waals surface area contributed by atoms with E-state index in [9.17, 15) is 8.42 Å². The van der Waals surface area contributed by atoms with E-state index in [4.69, 9.17) is 10.5 Å². The van der Waals surface area contributed by atoms with Gasteiger partial charge in [0.25, 0.3) is 0 Å². The maximum Gasteiger partial charge on any atom is 0.240 e. The smallest absolute Gasteiger partial charge is 0.240 e. The van der Waals surface area contributed by atoms with Crippen molar-refractivity contribution in [3.8, 4) is 5.75 Å². The van der Waals surface area contributed by atoms with Gasteiger partial charge in [0.2, 0.25) is 10.0 Å². The third-order valence-electron chi connectivity index (χ3n) is 3.17. The molecule has 3 N–H and O–H groups in total. The minimum atomic E-state index is -3.55. The maximum atomic E-state index is 12.4. The summed E-state index contributed by atoms with van der Waals surface area (Å²) < 4.78 is 32.5. The number of nitrogens with two attached hydrogens (primary N) is 1. The molecule has 20 heavy (non-hydrogen) atoms. The second-order valence-electron chi connectivity index (χ2n) is 5.79. The zero-order chi connectivity index (χ0) is 15.4. The third kappa shape index (κ3) is 4.47. The molecule has 0 radical (unpaired) electrons. The van der Waals surface area contributed by atoms with Crippen LogP contribution in [-0.4, -0.2) is 28.1 Å². The van der Waals surface area contributed by atoms with Crippen molar-refractivity contribution in [3.63, 3.8) is 0 Å². The molecule has 0 saturated heterocycles. The molecule has 1 aromatic carbocycles. The fraction of sp³-hybridized carbons (Fsp3) is 0.571. The highest BCUT2D eigenvalue weighted by Gasteiger charge is 2.28. The predicted octanol–water partition coefficient (Wildman–Crippen LogP) is 1.74. The highest BCUT2D eigenvalue weighted by Crippen LogP contribution is 2.24. The number of ether oxygens (including phenoxy) is 1. The molecule has 0 aliphatic rings. The normalized spacial score (nSPS) is 14.1. The van der Waals surface area contributed by atoms with Crippen molar-refractivity contribution in [2.75, 3.05) is 13.7 Å². The summed E-state index contributed by atoms with van der Waals surface area (Å²) in [5.41, 5.74) is 5.37. The first-order valence-electron chi connectivity index (χ1n) is 6.57. The van der Waals surface area contributed by atoms with Gasteiger partial charge in [0.15, 0.2) is 0 Å². The lowest BCUT2D eigenvalue weighted by molar-refractivity contribution is 0.287. The highest BCUT2D eigenvalue weighted by atomic mass is 32.2. The number of methoxy groups -OCH3 is 1. The van der Waals surface area contributed by atoms with Gasteiger partial charge in [-0.05, 0) is 42.6 Å². The van der Waals surface area contributed by atoms with E-state index in [1.54, 1.807) is 19.2 Å². The van der Waals surface area contributed by atoms with Crippen LogP contribution in [0.3, 0.4) is 0 Å². The van der Waals surface area contributed by atoms with E-state index >= 15 is 0 Å². The van der Waals surface area contributed by atoms with Gasteiger partial charge < -0.3 is 10.5 Å². The summed E-state index contributed by atoms with van der Waals surface area (Å²) in [7, 11) is -2.01. The van der Waals surface area contributed by atoms with E-state index in [1.807, 2.05) is 20.8 Å². The molecular formula is C14H24N2O3S. The first-order chi connectivity index (χ1) is 9.20. The van der Waals surface area contributed by atoms with Crippen molar-refractivity contribution in [2.24, 2.45) is 11.1 Å². The third-order valence-corrected chi connectivity index (χ3v) is 4.66. The van der Waals surface area contributed by atoms with E-state index in [1.165, 1.54) is 12.1 Å². The standard InChI is InChI=1S/C14H24N2O3S/c1-14(2,3)13(9-10-15)16-20(17,18)12-7-5-11(19-4)6-8-12/h5-8,13,16H,9-10,15H2,1-4H3. The lowest BCUT2D eigenvalue weighted by atomic mass is 9.85. The molecule has 0 aliphatic carbocycles. The van der Waals surface area contributed by atoms with Gasteiger partial charge in [-0.1, -0.05) is 20.8 Å². The zero-order valence-electron chi connectivity index (χ0n) is 12.5. The Morgan fingerprint density at radius 2 is 1.80 bits per heavy atom. The average molecular weight is 300 g/mol. The number of nitrogens with one attached hydrogen (secondary N) is 1. The number of hydrogen-bond acceptors (Lipinski definition) is 4. The minimum absolute atomic E-state index is 0.196. The van der Waals surface area contributed by atoms with Gasteiger partial charge in [0.05, 0.1) is 12.0 Å². The Labute approximate surface area is 121 Å². The van der Waals surface area contributed by atoms with E-state index in [0.717, 1.165) is 0 Å². The Morgan fingerprint density at radius 3 is 2.20 bits per heavy atom. The van der Waals surface area contributed by atoms with Crippen molar-refractivity contribution in [3.05, 3.63) is 24.3 Å². The topological polar surface area (TPSA) is 81.4 Å². The van der Waals surface area contributed by atoms with Crippen LogP contribution in [0.2, 0.25) is 0 Å². The molecule has 5 nitrogen and oxygen atoms in total. The molecule has 1 unspecified atom stereocenters. The molecule has 1 atom stereocenters. The van der Waals surface area contributed by atoms with E-state index < -0.39 is 10.0 Å². The number of rotatable bonds is 6. The van der Waals surface area contributed by atoms with Crippen LogP contribution in [-0.2, 0) is 10.0 Å². The van der Waals surface area contributed by atoms with Gasteiger partial charge in [-0.25, -0.2) is 13.1 Å². The predicted molar refractivity (Wildman–Crippen MR) is 80.2 cm³/mol. The number of hydrogen-bond donors (Lipinski definition) is 2. The van der Waals surface area contributed by atoms with E-state index in [2.05, 4.69) is 4.72 Å². The molecule has 1 rings (SSSR count). The molecule has 0 amide bonds. The Hall–Kier alpha value is -1.11. The van der Waals surface area contributed by atoms with Gasteiger partial charge in [0, 0.05) is 6.04 Å². The van der Waals surface area contributed by atoms with Crippen LogP contribution in [0.25, 0.3) is 0 Å². The molecule has 0 saturated carbocycles. The molecule has 0 fully saturated rings. The lowest BCUT2D eigenvalue weighted by Gasteiger charge is -2.31. The average Bonchev–Trinajstić information content (AvgIpc) is 2.37. The summed E-state index contributed by atoms with van der Waals surface area (Å²) in [6.07, 6.45) is 0.596. The van der Waals surface area contributed by atoms with Crippen LogP contribution >= 0.6 is 0 Å². The molecule has 0 aromatic heterocycles. The van der Waals surface area contributed by atoms with Gasteiger partial charge in [-0.3, -0.25) is 0 Å². The van der Waals surface area contributed by atoms with Gasteiger partial charge >= 0.3 is 0 Å². The largest absolute Gasteiger partial charge is 0.497 e. The first kappa shape index (κ1) is 16.9. The van der Waals surface area contributed by atoms with Crippen molar-refractivity contribution in [1.82, 2.24) is 4.72 Å². The molecule has 0 spiro atoms. The summed E-state index contributed by atoms with van der Waals surface area (Å²) in [5.74, 6) is 0.623. The fourth-order valence-corrected chi connectivity index (χ4v) is 3.32. The second-order valence-corrected chi connectivity index (χ2v) is 7.51. The molecule has 114 valence electrons. The van der Waals surface area contributed by atoms with Crippen molar-refractivity contribution in [2.45, 2.75) is 38.1 Å². The van der Waals surface area contributed by atoms with Crippen LogP contribution in [0.4, 0.5) is 0 Å². The Bertz CT molecular complexity index is 518. The van der Waals surface area contributed by atoms with Crippen LogP contribution in [0.5, 0.6) is 5.75 Å². The van der Waals surface area contributed by atoms with Crippen molar-refractivity contribution >= 4 is 10.0 Å². The molecule has 0 heterocycles. The van der Waals surface area contributed by atoms with Gasteiger partial charge in [-0.2, -0.15) is 0 Å². The van der Waals surface area contributed by atoms with Gasteiger partial charge in [-0.15, -0.1) is 0 Å². The highest BCUT2D eigenvalue weighted by molar-refractivity contribution is 7.89. The van der Waals surface area contributed by atoms with Gasteiger partial charge in [0.1, 0.15) is 5.75 Å². The Kier molecular flexibility index (Phi) is 5.56. The zero-order valence-corrected chi connectivity index (χ0v) is 13.3. The number of benzene rings is 1. The quantitative estimate of drug-likeness (QED) is 0.838. The van der Waals surface area contributed by atoms with Crippen LogP contribution in [0, 0.1) is 5.41 Å². The summed E-state index contributed by atoms with van der Waals surface area (Å²) >= 11 is 0. The summed E-state index contributed by atoms with van der Waals surface area (Å²) in [5, 5.41) is 0. The lowest BCUT2D eigenvalue weighted by Crippen LogP contribution is -2.44. The Morgan fingerprint density at radius 1 is 1.25 bits per heavy atom. The second kappa shape index (κ2) is 6.56. The van der Waals surface area contributed by atoms with Crippen molar-refractivity contribution in [1.29, 1.82) is 0 Å². The summed E-state index contributed by atoms with van der Waals surface area (Å²) in [6, 6.07) is 6.11. The van der Waals surface area contributed by atoms with E-state index in [-0.39, 0.29) is 16.4 Å². The number of sulfonamides is 1. The maximum absolute atomic E-state index is 12.4. The molecule has 6 heteroatoms. The van der Waals surface area contributed by atoms with Crippen LogP contribution < -0.4 is 15.2 Å². The Balaban J connectivity index is 2.97. The van der Waals surface area contributed by atoms with Crippen LogP contribution in [0.15, 0.2) is 29.2 Å². The SMILES string of the molecule is COc1ccc(S(=O)(=O)NC(CCN)C(C)(C)C)cc1. The molecule has 0 bridgehead atoms. The fourth-order valence-electron chi connectivity index (χ4n) is 1.85. The molecule has 1 aromatic rings. The molecular weight excluding hydrogens is 276 g/mol.